The van der Waals surface area contributed by atoms with Crippen molar-refractivity contribution >= 4 is 47.2 Å². The minimum absolute atomic E-state index is 0. The van der Waals surface area contributed by atoms with Crippen LogP contribution in [-0.2, 0) is 4.74 Å². The molecule has 1 aliphatic heterocycles. The van der Waals surface area contributed by atoms with E-state index in [0.29, 0.717) is 12.5 Å². The highest BCUT2D eigenvalue weighted by molar-refractivity contribution is 14.0. The minimum Gasteiger partial charge on any atom is -0.497 e. The summed E-state index contributed by atoms with van der Waals surface area (Å²) >= 11 is 6.04. The molecule has 0 radical (unpaired) electrons. The molecule has 6 nitrogen and oxygen atoms in total. The van der Waals surface area contributed by atoms with Gasteiger partial charge in [-0.3, -0.25) is 9.89 Å². The summed E-state index contributed by atoms with van der Waals surface area (Å²) in [7, 11) is 1.63. The predicted octanol–water partition coefficient (Wildman–Crippen LogP) is 3.77. The van der Waals surface area contributed by atoms with Gasteiger partial charge in [0.1, 0.15) is 5.75 Å². The first-order valence-corrected chi connectivity index (χ1v) is 9.32. The zero-order chi connectivity index (χ0) is 19.1. The van der Waals surface area contributed by atoms with Gasteiger partial charge in [0.2, 0.25) is 0 Å². The summed E-state index contributed by atoms with van der Waals surface area (Å²) < 4.78 is 10.7. The first-order valence-electron chi connectivity index (χ1n) is 8.94. The van der Waals surface area contributed by atoms with E-state index in [2.05, 4.69) is 15.2 Å². The first-order chi connectivity index (χ1) is 13.2. The number of guanidine groups is 1. The van der Waals surface area contributed by atoms with Crippen LogP contribution >= 0.6 is 35.6 Å². The standard InChI is InChI=1S/C20H25ClN4O2.HI/c1-26-18-4-2-3-17(13-18)24-20(22)23-14-19(25-9-11-27-12-10-25)15-5-7-16(21)8-6-15;/h2-8,13,19H,9-12,14H2,1H3,(H3,22,23,24);1H. The monoisotopic (exact) mass is 516 g/mol. The normalized spacial score (nSPS) is 16.1. The number of hydrogen-bond acceptors (Lipinski definition) is 4. The van der Waals surface area contributed by atoms with Crippen molar-refractivity contribution in [1.82, 2.24) is 4.90 Å². The molecule has 1 unspecified atom stereocenters. The number of rotatable bonds is 6. The van der Waals surface area contributed by atoms with Crippen LogP contribution in [-0.4, -0.2) is 50.8 Å². The molecule has 3 rings (SSSR count). The molecular weight excluding hydrogens is 491 g/mol. The van der Waals surface area contributed by atoms with Gasteiger partial charge in [-0.2, -0.15) is 0 Å². The second kappa shape index (κ2) is 11.5. The van der Waals surface area contributed by atoms with E-state index >= 15 is 0 Å². The lowest BCUT2D eigenvalue weighted by molar-refractivity contribution is 0.0180. The van der Waals surface area contributed by atoms with Gasteiger partial charge in [0.05, 0.1) is 32.9 Å². The summed E-state index contributed by atoms with van der Waals surface area (Å²) in [4.78, 5) is 6.95. The second-order valence-electron chi connectivity index (χ2n) is 6.30. The maximum Gasteiger partial charge on any atom is 0.193 e. The van der Waals surface area contributed by atoms with Crippen molar-refractivity contribution in [3.8, 4) is 5.75 Å². The topological polar surface area (TPSA) is 72.1 Å². The van der Waals surface area contributed by atoms with Crippen LogP contribution in [0.15, 0.2) is 53.5 Å². The Balaban J connectivity index is 0.00000280. The third-order valence-corrected chi connectivity index (χ3v) is 4.77. The van der Waals surface area contributed by atoms with Crippen molar-refractivity contribution in [1.29, 1.82) is 0 Å². The zero-order valence-electron chi connectivity index (χ0n) is 15.8. The van der Waals surface area contributed by atoms with Crippen LogP contribution < -0.4 is 15.8 Å². The van der Waals surface area contributed by atoms with Crippen LogP contribution in [0.25, 0.3) is 0 Å². The summed E-state index contributed by atoms with van der Waals surface area (Å²) in [6, 6.07) is 15.6. The van der Waals surface area contributed by atoms with Gasteiger partial charge in [-0.05, 0) is 29.8 Å². The third kappa shape index (κ3) is 6.51. The molecule has 0 aromatic heterocycles. The van der Waals surface area contributed by atoms with Crippen molar-refractivity contribution in [3.63, 3.8) is 0 Å². The molecule has 1 aliphatic rings. The lowest BCUT2D eigenvalue weighted by atomic mass is 10.0. The summed E-state index contributed by atoms with van der Waals surface area (Å²) in [6.45, 7) is 3.74. The highest BCUT2D eigenvalue weighted by atomic mass is 127. The number of benzene rings is 2. The van der Waals surface area contributed by atoms with E-state index in [9.17, 15) is 0 Å². The van der Waals surface area contributed by atoms with Crippen molar-refractivity contribution in [2.75, 3.05) is 45.3 Å². The van der Waals surface area contributed by atoms with Gasteiger partial charge in [-0.25, -0.2) is 0 Å². The Morgan fingerprint density at radius 2 is 1.96 bits per heavy atom. The Morgan fingerprint density at radius 1 is 1.25 bits per heavy atom. The van der Waals surface area contributed by atoms with Crippen molar-refractivity contribution in [2.45, 2.75) is 6.04 Å². The van der Waals surface area contributed by atoms with E-state index in [1.807, 2.05) is 48.5 Å². The van der Waals surface area contributed by atoms with Crippen LogP contribution in [0.3, 0.4) is 0 Å². The van der Waals surface area contributed by atoms with Crippen LogP contribution in [0.2, 0.25) is 5.02 Å². The lowest BCUT2D eigenvalue weighted by Gasteiger charge is -2.34. The van der Waals surface area contributed by atoms with Gasteiger partial charge in [0, 0.05) is 29.9 Å². The molecule has 0 amide bonds. The number of ether oxygens (including phenoxy) is 2. The van der Waals surface area contributed by atoms with Crippen LogP contribution in [0.4, 0.5) is 5.69 Å². The molecule has 1 atom stereocenters. The highest BCUT2D eigenvalue weighted by Gasteiger charge is 2.22. The van der Waals surface area contributed by atoms with E-state index in [1.54, 1.807) is 7.11 Å². The molecule has 3 N–H and O–H groups in total. The highest BCUT2D eigenvalue weighted by Crippen LogP contribution is 2.24. The van der Waals surface area contributed by atoms with Gasteiger partial charge in [0.25, 0.3) is 0 Å². The SMILES string of the molecule is COc1cccc(NC(N)=NCC(c2ccc(Cl)cc2)N2CCOCC2)c1.I. The molecule has 2 aromatic rings. The number of methoxy groups -OCH3 is 1. The van der Waals surface area contributed by atoms with Crippen molar-refractivity contribution < 1.29 is 9.47 Å². The van der Waals surface area contributed by atoms with E-state index in [-0.39, 0.29) is 30.0 Å². The van der Waals surface area contributed by atoms with E-state index in [1.165, 1.54) is 5.56 Å². The van der Waals surface area contributed by atoms with Gasteiger partial charge in [-0.1, -0.05) is 29.8 Å². The van der Waals surface area contributed by atoms with Gasteiger partial charge in [0.15, 0.2) is 5.96 Å². The lowest BCUT2D eigenvalue weighted by Crippen LogP contribution is -2.40. The molecule has 0 saturated carbocycles. The van der Waals surface area contributed by atoms with Crippen LogP contribution in [0.1, 0.15) is 11.6 Å². The fourth-order valence-electron chi connectivity index (χ4n) is 3.08. The van der Waals surface area contributed by atoms with E-state index in [4.69, 9.17) is 26.8 Å². The zero-order valence-corrected chi connectivity index (χ0v) is 18.9. The van der Waals surface area contributed by atoms with Crippen molar-refractivity contribution in [3.05, 3.63) is 59.1 Å². The molecule has 0 spiro atoms. The Hall–Kier alpha value is -1.55. The van der Waals surface area contributed by atoms with Gasteiger partial charge >= 0.3 is 0 Å². The van der Waals surface area contributed by atoms with Crippen LogP contribution in [0.5, 0.6) is 5.75 Å². The number of hydrogen-bond donors (Lipinski definition) is 2. The molecule has 152 valence electrons. The van der Waals surface area contributed by atoms with Crippen LogP contribution in [0, 0.1) is 0 Å². The first kappa shape index (κ1) is 22.7. The quantitative estimate of drug-likeness (QED) is 0.347. The average Bonchev–Trinajstić information content (AvgIpc) is 2.70. The van der Waals surface area contributed by atoms with E-state index in [0.717, 1.165) is 42.8 Å². The minimum atomic E-state index is 0. The molecule has 28 heavy (non-hydrogen) atoms. The van der Waals surface area contributed by atoms with Gasteiger partial charge < -0.3 is 20.5 Å². The number of anilines is 1. The molecule has 1 saturated heterocycles. The Bertz CT molecular complexity index is 767. The molecule has 8 heteroatoms. The van der Waals surface area contributed by atoms with E-state index < -0.39 is 0 Å². The number of morpholine rings is 1. The molecule has 0 bridgehead atoms. The third-order valence-electron chi connectivity index (χ3n) is 4.52. The Morgan fingerprint density at radius 3 is 2.64 bits per heavy atom. The maximum atomic E-state index is 6.11. The summed E-state index contributed by atoms with van der Waals surface area (Å²) in [5, 5.41) is 3.84. The molecular formula is C20H26ClIN4O2. The molecule has 2 aromatic carbocycles. The maximum absolute atomic E-state index is 6.11. The van der Waals surface area contributed by atoms with Gasteiger partial charge in [-0.15, -0.1) is 24.0 Å². The average molecular weight is 517 g/mol. The predicted molar refractivity (Wildman–Crippen MR) is 125 cm³/mol. The largest absolute Gasteiger partial charge is 0.497 e. The molecule has 0 aliphatic carbocycles. The van der Waals surface area contributed by atoms with Crippen molar-refractivity contribution in [2.24, 2.45) is 10.7 Å². The molecule has 1 heterocycles. The summed E-state index contributed by atoms with van der Waals surface area (Å²) in [6.07, 6.45) is 0. The number of nitrogens with one attached hydrogen (secondary N) is 1. The summed E-state index contributed by atoms with van der Waals surface area (Å²) in [5.74, 6) is 1.13. The summed E-state index contributed by atoms with van der Waals surface area (Å²) in [5.41, 5.74) is 8.11. The fraction of sp³-hybridized carbons (Fsp3) is 0.350. The second-order valence-corrected chi connectivity index (χ2v) is 6.74. The Kier molecular flexibility index (Phi) is 9.30. The number of halogens is 2. The number of nitrogens with zero attached hydrogens (tertiary/aromatic N) is 2. The molecule has 1 fully saturated rings. The number of nitrogens with two attached hydrogens (primary N) is 1. The smallest absolute Gasteiger partial charge is 0.193 e. The Labute approximate surface area is 188 Å². The fourth-order valence-corrected chi connectivity index (χ4v) is 3.20. The number of aliphatic imine (C=N–C) groups is 1.